The number of likely N-dealkylation sites (tertiary alicyclic amines) is 1. The van der Waals surface area contributed by atoms with Gasteiger partial charge < -0.3 is 14.4 Å². The number of fused-ring (bicyclic) bond motifs is 1. The molecule has 3 unspecified atom stereocenters. The Morgan fingerprint density at radius 1 is 1.27 bits per heavy atom. The molecular weight excluding hydrogens is 602 g/mol. The van der Waals surface area contributed by atoms with Crippen LogP contribution >= 0.6 is 28.3 Å². The average molecular weight is 638 g/mol. The number of halogens is 1. The highest BCUT2D eigenvalue weighted by Crippen LogP contribution is 2.49. The zero-order chi connectivity index (χ0) is 26.0. The van der Waals surface area contributed by atoms with Crippen molar-refractivity contribution in [2.45, 2.75) is 58.6 Å². The van der Waals surface area contributed by atoms with E-state index in [4.69, 9.17) is 14.0 Å². The zero-order valence-corrected chi connectivity index (χ0v) is 24.8. The van der Waals surface area contributed by atoms with Gasteiger partial charge in [0.05, 0.1) is 15.4 Å². The predicted octanol–water partition coefficient (Wildman–Crippen LogP) is 5.18. The normalized spacial score (nSPS) is 27.2. The van der Waals surface area contributed by atoms with Gasteiger partial charge in [-0.1, -0.05) is 36.8 Å². The Labute approximate surface area is 229 Å². The van der Waals surface area contributed by atoms with Crippen molar-refractivity contribution in [3.05, 3.63) is 44.7 Å². The number of piperidine rings is 1. The summed E-state index contributed by atoms with van der Waals surface area (Å²) in [7, 11) is -1.59. The standard InChI is InChI=1S/C27H36IN4O4P/c1-4-37(34,35-3)36-23-10-8-22(9-11-23)31-26(33)24-15-30-27(32-16-20-13-21(20)17-32)28-25(24)29-14-19-7-5-6-18(2)12-19/h5-7,12,15,20-21,23,29H,4,8-11,13-14,16-17H2,1-3H3. The number of hydrogen-bond donors (Lipinski definition) is 1. The van der Waals surface area contributed by atoms with E-state index in [0.29, 0.717) is 44.0 Å². The number of rotatable bonds is 9. The first-order valence-corrected chi connectivity index (χ1v) is 17.0. The molecule has 1 saturated heterocycles. The molecule has 3 fully saturated rings. The number of nitrogens with zero attached hydrogens (tertiary/aromatic N) is 3. The lowest BCUT2D eigenvalue weighted by atomic mass is 9.96. The van der Waals surface area contributed by atoms with Crippen LogP contribution in [0.2, 0.25) is 0 Å². The number of aliphatic imine (C=N–C) groups is 2. The van der Waals surface area contributed by atoms with E-state index >= 15 is 0 Å². The van der Waals surface area contributed by atoms with Crippen LogP contribution in [-0.2, 0) is 25.0 Å². The average Bonchev–Trinajstić information content (AvgIpc) is 3.52. The number of carbonyl (C=O) groups is 1. The minimum absolute atomic E-state index is 0.128. The van der Waals surface area contributed by atoms with Crippen molar-refractivity contribution in [1.29, 1.82) is 0 Å². The van der Waals surface area contributed by atoms with Gasteiger partial charge in [0.25, 0.3) is 5.91 Å². The molecule has 1 aromatic carbocycles. The number of amides is 1. The van der Waals surface area contributed by atoms with Gasteiger partial charge in [-0.2, -0.15) is 0 Å². The number of benzene rings is 1. The summed E-state index contributed by atoms with van der Waals surface area (Å²) < 4.78 is 25.5. The van der Waals surface area contributed by atoms with Crippen LogP contribution in [-0.4, -0.2) is 59.0 Å². The van der Waals surface area contributed by atoms with Crippen molar-refractivity contribution in [2.24, 2.45) is 21.8 Å². The topological polar surface area (TPSA) is 92.6 Å². The first-order valence-electron chi connectivity index (χ1n) is 13.1. The molecule has 1 N–H and O–H groups in total. The summed E-state index contributed by atoms with van der Waals surface area (Å²) >= 11 is -0.603. The Balaban J connectivity index is 1.29. The van der Waals surface area contributed by atoms with E-state index in [0.717, 1.165) is 38.1 Å². The van der Waals surface area contributed by atoms with Crippen molar-refractivity contribution < 1.29 is 18.4 Å². The molecule has 200 valence electrons. The maximum absolute atomic E-state index is 13.4. The van der Waals surface area contributed by atoms with Gasteiger partial charge in [-0.15, -0.1) is 0 Å². The molecule has 1 aromatic rings. The van der Waals surface area contributed by atoms with Crippen LogP contribution < -0.4 is 5.32 Å². The minimum Gasteiger partial charge on any atom is -0.376 e. The van der Waals surface area contributed by atoms with Crippen LogP contribution in [0.4, 0.5) is 0 Å². The Morgan fingerprint density at radius 3 is 2.70 bits per heavy atom. The van der Waals surface area contributed by atoms with Crippen molar-refractivity contribution in [2.75, 3.05) is 26.4 Å². The van der Waals surface area contributed by atoms with E-state index in [1.807, 2.05) is 0 Å². The molecule has 5 rings (SSSR count). The Bertz CT molecular complexity index is 1200. The second-order valence-electron chi connectivity index (χ2n) is 10.3. The molecule has 4 aliphatic rings. The van der Waals surface area contributed by atoms with Gasteiger partial charge in [0.15, 0.2) is 0 Å². The first kappa shape index (κ1) is 27.1. The summed E-state index contributed by atoms with van der Waals surface area (Å²) in [6.07, 6.45) is 6.00. The van der Waals surface area contributed by atoms with Gasteiger partial charge in [0, 0.05) is 44.8 Å². The van der Waals surface area contributed by atoms with Crippen molar-refractivity contribution >= 4 is 49.9 Å². The summed E-state index contributed by atoms with van der Waals surface area (Å²) in [5, 5.41) is 3.59. The third-order valence-corrected chi connectivity index (χ3v) is 12.4. The summed E-state index contributed by atoms with van der Waals surface area (Å²) in [6, 6.07) is 8.44. The lowest BCUT2D eigenvalue weighted by Gasteiger charge is -2.26. The fourth-order valence-corrected chi connectivity index (χ4v) is 8.82. The fourth-order valence-electron chi connectivity index (χ4n) is 5.12. The van der Waals surface area contributed by atoms with Crippen LogP contribution in [0.1, 0.15) is 50.2 Å². The van der Waals surface area contributed by atoms with E-state index in [9.17, 15) is 9.36 Å². The molecule has 2 aliphatic carbocycles. The molecule has 0 radical (unpaired) electrons. The second kappa shape index (κ2) is 11.7. The van der Waals surface area contributed by atoms with Gasteiger partial charge in [-0.05, 0) is 77.2 Å². The Kier molecular flexibility index (Phi) is 8.56. The highest BCUT2D eigenvalue weighted by molar-refractivity contribution is 14.2. The molecule has 10 heteroatoms. The second-order valence-corrected chi connectivity index (χ2v) is 15.3. The Morgan fingerprint density at radius 2 is 2.03 bits per heavy atom. The van der Waals surface area contributed by atoms with Crippen LogP contribution in [0.3, 0.4) is 0 Å². The van der Waals surface area contributed by atoms with Gasteiger partial charge >= 0.3 is 7.60 Å². The highest BCUT2D eigenvalue weighted by Gasteiger charge is 2.46. The molecule has 0 aromatic heterocycles. The van der Waals surface area contributed by atoms with E-state index in [1.165, 1.54) is 24.7 Å². The lowest BCUT2D eigenvalue weighted by Crippen LogP contribution is -2.30. The van der Waals surface area contributed by atoms with Gasteiger partial charge in [0.2, 0.25) is 0 Å². The first-order chi connectivity index (χ1) is 17.9. The quantitative estimate of drug-likeness (QED) is 0.228. The zero-order valence-electron chi connectivity index (χ0n) is 21.8. The van der Waals surface area contributed by atoms with E-state index < -0.39 is 28.3 Å². The molecule has 1 amide bonds. The number of hydrogen-bond acceptors (Lipinski definition) is 7. The predicted molar refractivity (Wildman–Crippen MR) is 157 cm³/mol. The van der Waals surface area contributed by atoms with Crippen LogP contribution in [0.5, 0.6) is 0 Å². The monoisotopic (exact) mass is 638 g/mol. The molecular formula is C27H36IN4O4P. The molecule has 37 heavy (non-hydrogen) atoms. The van der Waals surface area contributed by atoms with E-state index in [2.05, 4.69) is 46.4 Å². The third kappa shape index (κ3) is 6.74. The molecule has 3 atom stereocenters. The number of aryl methyl sites for hydroxylation is 1. The largest absolute Gasteiger partial charge is 0.376 e. The van der Waals surface area contributed by atoms with Gasteiger partial charge in [-0.3, -0.25) is 14.3 Å². The van der Waals surface area contributed by atoms with E-state index in [1.54, 1.807) is 13.1 Å². The summed E-state index contributed by atoms with van der Waals surface area (Å²) in [5.74, 6) is 1.45. The molecule has 0 spiro atoms. The molecule has 8 nitrogen and oxygen atoms in total. The van der Waals surface area contributed by atoms with Crippen LogP contribution in [0.25, 0.3) is 0 Å². The lowest BCUT2D eigenvalue weighted by molar-refractivity contribution is -0.113. The van der Waals surface area contributed by atoms with Crippen molar-refractivity contribution in [1.82, 2.24) is 10.2 Å². The number of carbonyl (C=O) groups excluding carboxylic acids is 1. The van der Waals surface area contributed by atoms with Crippen molar-refractivity contribution in [3.8, 4) is 0 Å². The van der Waals surface area contributed by atoms with Gasteiger partial charge in [0.1, 0.15) is 3.76 Å². The summed E-state index contributed by atoms with van der Waals surface area (Å²) in [6.45, 7) is 6.78. The minimum atomic E-state index is -3.02. The third-order valence-electron chi connectivity index (χ3n) is 7.46. The summed E-state index contributed by atoms with van der Waals surface area (Å²) in [4.78, 5) is 25.1. The molecule has 0 bridgehead atoms. The molecule has 2 heterocycles. The SMILES string of the molecule is CCP(=O)(OC)OC1CCC(=NC(=O)C2=C(NCc3cccc(C)c3)I=C(N3CC4CC4C3)N=C2)CC1. The smallest absolute Gasteiger partial charge is 0.330 e. The number of nitrogens with one attached hydrogen (secondary N) is 1. The van der Waals surface area contributed by atoms with Crippen LogP contribution in [0, 0.1) is 18.8 Å². The fraction of sp³-hybridized carbons (Fsp3) is 0.556. The maximum Gasteiger partial charge on any atom is 0.330 e. The highest BCUT2D eigenvalue weighted by atomic mass is 127. The van der Waals surface area contributed by atoms with Crippen molar-refractivity contribution in [3.63, 3.8) is 0 Å². The molecule has 2 aliphatic heterocycles. The van der Waals surface area contributed by atoms with E-state index in [-0.39, 0.29) is 12.0 Å². The Hall–Kier alpha value is -1.52. The molecule has 2 saturated carbocycles. The maximum atomic E-state index is 13.4. The van der Waals surface area contributed by atoms with Gasteiger partial charge in [-0.25, -0.2) is 9.98 Å². The van der Waals surface area contributed by atoms with Crippen LogP contribution in [0.15, 0.2) is 43.5 Å². The summed E-state index contributed by atoms with van der Waals surface area (Å²) in [5.41, 5.74) is 3.88.